The maximum atomic E-state index is 5.40. The Labute approximate surface area is 58.9 Å². The molecule has 0 aliphatic heterocycles. The van der Waals surface area contributed by atoms with Crippen LogP contribution < -0.4 is 5.32 Å². The lowest BCUT2D eigenvalue weighted by atomic mass is 10.4. The zero-order valence-corrected chi connectivity index (χ0v) is 5.60. The first kappa shape index (κ1) is 6.36. The maximum Gasteiger partial charge on any atom is 0.0902 e. The van der Waals surface area contributed by atoms with Gasteiger partial charge in [-0.3, -0.25) is 4.98 Å². The van der Waals surface area contributed by atoms with Gasteiger partial charge in [-0.25, -0.2) is 0 Å². The van der Waals surface area contributed by atoms with Crippen molar-refractivity contribution in [2.45, 2.75) is 0 Å². The molecule has 0 radical (unpaired) electrons. The summed E-state index contributed by atoms with van der Waals surface area (Å²) in [5, 5.41) is 2.91. The monoisotopic (exact) mass is 142 g/mol. The summed E-state index contributed by atoms with van der Waals surface area (Å²) in [6, 6.07) is 4.19. The topological polar surface area (TPSA) is 24.9 Å². The highest BCUT2D eigenvalue weighted by Crippen LogP contribution is 2.01. The van der Waals surface area contributed by atoms with Crippen LogP contribution in [0.25, 0.3) is 0 Å². The Bertz CT molecular complexity index is 164. The van der Waals surface area contributed by atoms with Crippen molar-refractivity contribution in [3.05, 3.63) is 24.5 Å². The van der Waals surface area contributed by atoms with Gasteiger partial charge in [0.25, 0.3) is 0 Å². The summed E-state index contributed by atoms with van der Waals surface area (Å²) in [7, 11) is 0. The molecule has 3 heteroatoms. The SMILES string of the molecule is ClCNc1cccnc1. The summed E-state index contributed by atoms with van der Waals surface area (Å²) in [5.41, 5.74) is 0.951. The summed E-state index contributed by atoms with van der Waals surface area (Å²) in [6.07, 6.45) is 3.45. The standard InChI is InChI=1S/C6H7ClN2/c7-5-9-6-2-1-3-8-4-6/h1-4,9H,5H2. The number of nitrogens with zero attached hydrogens (tertiary/aromatic N) is 1. The second-order valence-electron chi connectivity index (χ2n) is 1.55. The van der Waals surface area contributed by atoms with Crippen LogP contribution in [-0.2, 0) is 0 Å². The van der Waals surface area contributed by atoms with Crippen LogP contribution in [0.5, 0.6) is 0 Å². The van der Waals surface area contributed by atoms with Crippen molar-refractivity contribution in [3.8, 4) is 0 Å². The number of hydrogen-bond acceptors (Lipinski definition) is 2. The second-order valence-corrected chi connectivity index (χ2v) is 1.82. The molecule has 1 aromatic rings. The van der Waals surface area contributed by atoms with Crippen LogP contribution >= 0.6 is 11.6 Å². The van der Waals surface area contributed by atoms with E-state index < -0.39 is 0 Å². The lowest BCUT2D eigenvalue weighted by Crippen LogP contribution is -1.93. The Balaban J connectivity index is 2.61. The quantitative estimate of drug-likeness (QED) is 0.502. The number of anilines is 1. The van der Waals surface area contributed by atoms with Crippen molar-refractivity contribution in [2.24, 2.45) is 0 Å². The van der Waals surface area contributed by atoms with Crippen LogP contribution in [0.1, 0.15) is 0 Å². The van der Waals surface area contributed by atoms with Crippen molar-refractivity contribution < 1.29 is 0 Å². The van der Waals surface area contributed by atoms with Gasteiger partial charge in [0, 0.05) is 12.4 Å². The molecule has 0 amide bonds. The average Bonchev–Trinajstić information content (AvgIpc) is 1.91. The third-order valence-electron chi connectivity index (χ3n) is 0.932. The minimum Gasteiger partial charge on any atom is -0.370 e. The highest BCUT2D eigenvalue weighted by molar-refractivity contribution is 6.18. The van der Waals surface area contributed by atoms with E-state index >= 15 is 0 Å². The number of hydrogen-bond donors (Lipinski definition) is 1. The van der Waals surface area contributed by atoms with Gasteiger partial charge in [-0.15, -0.1) is 11.6 Å². The summed E-state index contributed by atoms with van der Waals surface area (Å²) >= 11 is 5.40. The second kappa shape index (κ2) is 3.30. The molecule has 1 rings (SSSR count). The van der Waals surface area contributed by atoms with E-state index in [2.05, 4.69) is 10.3 Å². The molecule has 0 bridgehead atoms. The minimum absolute atomic E-state index is 0.422. The summed E-state index contributed by atoms with van der Waals surface area (Å²) in [6.45, 7) is 0. The van der Waals surface area contributed by atoms with E-state index in [1.807, 2.05) is 12.1 Å². The molecule has 1 N–H and O–H groups in total. The van der Waals surface area contributed by atoms with Crippen molar-refractivity contribution in [1.29, 1.82) is 0 Å². The number of alkyl halides is 1. The van der Waals surface area contributed by atoms with Crippen molar-refractivity contribution >= 4 is 17.3 Å². The van der Waals surface area contributed by atoms with Gasteiger partial charge in [0.2, 0.25) is 0 Å². The zero-order valence-electron chi connectivity index (χ0n) is 4.84. The third-order valence-corrected chi connectivity index (χ3v) is 1.07. The van der Waals surface area contributed by atoms with Gasteiger partial charge in [0.15, 0.2) is 0 Å². The van der Waals surface area contributed by atoms with E-state index in [4.69, 9.17) is 11.6 Å². The first-order chi connectivity index (χ1) is 4.43. The Morgan fingerprint density at radius 3 is 3.11 bits per heavy atom. The number of rotatable bonds is 2. The highest BCUT2D eigenvalue weighted by Gasteiger charge is 1.83. The number of nitrogens with one attached hydrogen (secondary N) is 1. The van der Waals surface area contributed by atoms with Gasteiger partial charge >= 0.3 is 0 Å². The van der Waals surface area contributed by atoms with Crippen LogP contribution in [0.3, 0.4) is 0 Å². The Kier molecular flexibility index (Phi) is 2.33. The molecule has 0 aromatic carbocycles. The predicted molar refractivity (Wildman–Crippen MR) is 38.6 cm³/mol. The van der Waals surface area contributed by atoms with Crippen LogP contribution in [0.15, 0.2) is 24.5 Å². The molecule has 2 nitrogen and oxygen atoms in total. The normalized spacial score (nSPS) is 9.00. The molecule has 48 valence electrons. The molecule has 0 aliphatic rings. The van der Waals surface area contributed by atoms with E-state index in [0.717, 1.165) is 5.69 Å². The predicted octanol–water partition coefficient (Wildman–Crippen LogP) is 1.69. The van der Waals surface area contributed by atoms with Crippen LogP contribution in [0.2, 0.25) is 0 Å². The van der Waals surface area contributed by atoms with Gasteiger partial charge < -0.3 is 5.32 Å². The molecule has 0 atom stereocenters. The van der Waals surface area contributed by atoms with Crippen molar-refractivity contribution in [1.82, 2.24) is 4.98 Å². The summed E-state index contributed by atoms with van der Waals surface area (Å²) in [5.74, 6) is 0. The summed E-state index contributed by atoms with van der Waals surface area (Å²) < 4.78 is 0. The first-order valence-corrected chi connectivity index (χ1v) is 3.17. The zero-order chi connectivity index (χ0) is 6.53. The van der Waals surface area contributed by atoms with E-state index in [-0.39, 0.29) is 0 Å². The van der Waals surface area contributed by atoms with E-state index in [9.17, 15) is 0 Å². The van der Waals surface area contributed by atoms with Gasteiger partial charge in [0.1, 0.15) is 0 Å². The fourth-order valence-electron chi connectivity index (χ4n) is 0.544. The summed E-state index contributed by atoms with van der Waals surface area (Å²) in [4.78, 5) is 3.88. The molecule has 9 heavy (non-hydrogen) atoms. The molecule has 1 heterocycles. The Morgan fingerprint density at radius 2 is 2.56 bits per heavy atom. The molecular formula is C6H7ClN2. The lowest BCUT2D eigenvalue weighted by molar-refractivity contribution is 1.30. The van der Waals surface area contributed by atoms with Gasteiger partial charge in [-0.05, 0) is 12.1 Å². The maximum absolute atomic E-state index is 5.40. The number of halogens is 1. The molecule has 0 saturated carbocycles. The first-order valence-electron chi connectivity index (χ1n) is 2.63. The van der Waals surface area contributed by atoms with Crippen molar-refractivity contribution in [2.75, 3.05) is 11.3 Å². The van der Waals surface area contributed by atoms with E-state index in [1.165, 1.54) is 0 Å². The molecule has 0 fully saturated rings. The smallest absolute Gasteiger partial charge is 0.0902 e. The Morgan fingerprint density at radius 1 is 1.67 bits per heavy atom. The fourth-order valence-corrected chi connectivity index (χ4v) is 0.699. The molecule has 0 spiro atoms. The van der Waals surface area contributed by atoms with Crippen LogP contribution in [0.4, 0.5) is 5.69 Å². The van der Waals surface area contributed by atoms with E-state index in [1.54, 1.807) is 12.4 Å². The third kappa shape index (κ3) is 1.90. The van der Waals surface area contributed by atoms with Gasteiger partial charge in [-0.2, -0.15) is 0 Å². The molecule has 0 saturated heterocycles. The van der Waals surface area contributed by atoms with Crippen LogP contribution in [-0.4, -0.2) is 11.0 Å². The average molecular weight is 143 g/mol. The fraction of sp³-hybridized carbons (Fsp3) is 0.167. The van der Waals surface area contributed by atoms with Gasteiger partial charge in [0.05, 0.1) is 11.7 Å². The molecule has 1 aromatic heterocycles. The van der Waals surface area contributed by atoms with Crippen molar-refractivity contribution in [3.63, 3.8) is 0 Å². The minimum atomic E-state index is 0.422. The lowest BCUT2D eigenvalue weighted by Gasteiger charge is -1.97. The number of pyridine rings is 1. The van der Waals surface area contributed by atoms with Crippen LogP contribution in [0, 0.1) is 0 Å². The van der Waals surface area contributed by atoms with Gasteiger partial charge in [-0.1, -0.05) is 0 Å². The largest absolute Gasteiger partial charge is 0.370 e. The molecule has 0 unspecified atom stereocenters. The number of aromatic nitrogens is 1. The highest BCUT2D eigenvalue weighted by atomic mass is 35.5. The molecule has 0 aliphatic carbocycles. The van der Waals surface area contributed by atoms with E-state index in [0.29, 0.717) is 6.00 Å². The molecular weight excluding hydrogens is 136 g/mol. The Hall–Kier alpha value is -0.760.